The predicted molar refractivity (Wildman–Crippen MR) is 67.1 cm³/mol. The Kier molecular flexibility index (Phi) is 3.97. The third-order valence-corrected chi connectivity index (χ3v) is 3.28. The van der Waals surface area contributed by atoms with Crippen molar-refractivity contribution < 1.29 is 9.84 Å². The molecule has 0 aliphatic carbocycles. The SMILES string of the molecule is Cc1cc(CO)cc(N(C)C2CCOCC2)n1. The highest BCUT2D eigenvalue weighted by molar-refractivity contribution is 5.42. The maximum Gasteiger partial charge on any atom is 0.129 e. The number of rotatable bonds is 3. The quantitative estimate of drug-likeness (QED) is 0.864. The molecule has 17 heavy (non-hydrogen) atoms. The second kappa shape index (κ2) is 5.47. The largest absolute Gasteiger partial charge is 0.392 e. The fourth-order valence-electron chi connectivity index (χ4n) is 2.25. The van der Waals surface area contributed by atoms with Crippen molar-refractivity contribution in [3.8, 4) is 0 Å². The first-order valence-corrected chi connectivity index (χ1v) is 6.09. The van der Waals surface area contributed by atoms with E-state index in [2.05, 4.69) is 16.9 Å². The van der Waals surface area contributed by atoms with Gasteiger partial charge < -0.3 is 14.7 Å². The van der Waals surface area contributed by atoms with Gasteiger partial charge in [0, 0.05) is 32.0 Å². The molecule has 1 aromatic heterocycles. The van der Waals surface area contributed by atoms with Gasteiger partial charge >= 0.3 is 0 Å². The highest BCUT2D eigenvalue weighted by atomic mass is 16.5. The molecule has 0 amide bonds. The minimum Gasteiger partial charge on any atom is -0.392 e. The second-order valence-electron chi connectivity index (χ2n) is 4.59. The third kappa shape index (κ3) is 2.96. The van der Waals surface area contributed by atoms with Crippen LogP contribution in [0.3, 0.4) is 0 Å². The van der Waals surface area contributed by atoms with Gasteiger partial charge in [-0.2, -0.15) is 0 Å². The first kappa shape index (κ1) is 12.3. The maximum atomic E-state index is 9.21. The summed E-state index contributed by atoms with van der Waals surface area (Å²) in [6, 6.07) is 4.37. The van der Waals surface area contributed by atoms with E-state index >= 15 is 0 Å². The van der Waals surface area contributed by atoms with Crippen molar-refractivity contribution in [2.75, 3.05) is 25.2 Å². The van der Waals surface area contributed by atoms with Crippen LogP contribution in [0.2, 0.25) is 0 Å². The Morgan fingerprint density at radius 1 is 1.41 bits per heavy atom. The number of aryl methyl sites for hydroxylation is 1. The molecule has 0 radical (unpaired) electrons. The summed E-state index contributed by atoms with van der Waals surface area (Å²) in [5, 5.41) is 9.21. The van der Waals surface area contributed by atoms with Crippen LogP contribution in [0.5, 0.6) is 0 Å². The fraction of sp³-hybridized carbons (Fsp3) is 0.615. The first-order valence-electron chi connectivity index (χ1n) is 6.09. The minimum absolute atomic E-state index is 0.0674. The lowest BCUT2D eigenvalue weighted by Crippen LogP contribution is -2.37. The smallest absolute Gasteiger partial charge is 0.129 e. The Balaban J connectivity index is 2.17. The van der Waals surface area contributed by atoms with Gasteiger partial charge in [0.2, 0.25) is 0 Å². The molecule has 0 unspecified atom stereocenters. The van der Waals surface area contributed by atoms with Crippen molar-refractivity contribution >= 4 is 5.82 Å². The lowest BCUT2D eigenvalue weighted by Gasteiger charge is -2.32. The Morgan fingerprint density at radius 3 is 2.76 bits per heavy atom. The van der Waals surface area contributed by atoms with Gasteiger partial charge in [0.05, 0.1) is 6.61 Å². The van der Waals surface area contributed by atoms with E-state index in [4.69, 9.17) is 4.74 Å². The van der Waals surface area contributed by atoms with Crippen molar-refractivity contribution in [1.29, 1.82) is 0 Å². The Labute approximate surface area is 102 Å². The molecular weight excluding hydrogens is 216 g/mol. The van der Waals surface area contributed by atoms with Gasteiger partial charge in [0.15, 0.2) is 0 Å². The number of pyridine rings is 1. The summed E-state index contributed by atoms with van der Waals surface area (Å²) in [5.41, 5.74) is 1.87. The summed E-state index contributed by atoms with van der Waals surface area (Å²) in [4.78, 5) is 6.73. The molecule has 1 aliphatic rings. The van der Waals surface area contributed by atoms with Crippen LogP contribution in [0.1, 0.15) is 24.1 Å². The van der Waals surface area contributed by atoms with Crippen LogP contribution < -0.4 is 4.90 Å². The fourth-order valence-corrected chi connectivity index (χ4v) is 2.25. The number of aliphatic hydroxyl groups excluding tert-OH is 1. The van der Waals surface area contributed by atoms with E-state index in [-0.39, 0.29) is 6.61 Å². The van der Waals surface area contributed by atoms with Crippen LogP contribution in [0.15, 0.2) is 12.1 Å². The summed E-state index contributed by atoms with van der Waals surface area (Å²) in [6.45, 7) is 3.68. The minimum atomic E-state index is 0.0674. The first-order chi connectivity index (χ1) is 8.20. The van der Waals surface area contributed by atoms with Crippen molar-refractivity contribution in [2.24, 2.45) is 0 Å². The molecule has 0 bridgehead atoms. The highest BCUT2D eigenvalue weighted by Crippen LogP contribution is 2.21. The molecule has 0 aromatic carbocycles. The highest BCUT2D eigenvalue weighted by Gasteiger charge is 2.19. The third-order valence-electron chi connectivity index (χ3n) is 3.28. The number of aliphatic hydroxyl groups is 1. The Bertz CT molecular complexity index is 376. The van der Waals surface area contributed by atoms with Crippen LogP contribution in [-0.2, 0) is 11.3 Å². The van der Waals surface area contributed by atoms with Crippen LogP contribution in [0.4, 0.5) is 5.82 Å². The van der Waals surface area contributed by atoms with Crippen molar-refractivity contribution in [2.45, 2.75) is 32.4 Å². The molecule has 1 saturated heterocycles. The molecule has 2 rings (SSSR count). The maximum absolute atomic E-state index is 9.21. The molecule has 0 atom stereocenters. The van der Waals surface area contributed by atoms with E-state index in [0.717, 1.165) is 43.1 Å². The van der Waals surface area contributed by atoms with Crippen molar-refractivity contribution in [3.05, 3.63) is 23.4 Å². The Morgan fingerprint density at radius 2 is 2.12 bits per heavy atom. The molecule has 0 spiro atoms. The standard InChI is InChI=1S/C13H20N2O2/c1-10-7-11(9-16)8-13(14-10)15(2)12-3-5-17-6-4-12/h7-8,12,16H,3-6,9H2,1-2H3. The van der Waals surface area contributed by atoms with Gasteiger partial charge in [0.25, 0.3) is 0 Å². The second-order valence-corrected chi connectivity index (χ2v) is 4.59. The van der Waals surface area contributed by atoms with Crippen LogP contribution >= 0.6 is 0 Å². The van der Waals surface area contributed by atoms with E-state index in [1.807, 2.05) is 19.1 Å². The molecule has 94 valence electrons. The molecule has 1 aliphatic heterocycles. The zero-order valence-electron chi connectivity index (χ0n) is 10.5. The number of anilines is 1. The summed E-state index contributed by atoms with van der Waals surface area (Å²) in [6.07, 6.45) is 2.08. The van der Waals surface area contributed by atoms with E-state index < -0.39 is 0 Å². The molecular formula is C13H20N2O2. The monoisotopic (exact) mass is 236 g/mol. The summed E-state index contributed by atoms with van der Waals surface area (Å²) < 4.78 is 5.37. The van der Waals surface area contributed by atoms with E-state index in [1.54, 1.807) is 0 Å². The van der Waals surface area contributed by atoms with Crippen molar-refractivity contribution in [3.63, 3.8) is 0 Å². The normalized spacial score (nSPS) is 17.1. The summed E-state index contributed by atoms with van der Waals surface area (Å²) in [7, 11) is 2.07. The van der Waals surface area contributed by atoms with Crippen LogP contribution in [-0.4, -0.2) is 36.4 Å². The number of hydrogen-bond donors (Lipinski definition) is 1. The molecule has 1 fully saturated rings. The lowest BCUT2D eigenvalue weighted by molar-refractivity contribution is 0.0853. The zero-order valence-corrected chi connectivity index (χ0v) is 10.5. The average Bonchev–Trinajstić information content (AvgIpc) is 2.38. The van der Waals surface area contributed by atoms with E-state index in [1.165, 1.54) is 0 Å². The summed E-state index contributed by atoms with van der Waals surface area (Å²) in [5.74, 6) is 0.945. The van der Waals surface area contributed by atoms with Crippen molar-refractivity contribution in [1.82, 2.24) is 4.98 Å². The number of nitrogens with zero attached hydrogens (tertiary/aromatic N) is 2. The lowest BCUT2D eigenvalue weighted by atomic mass is 10.1. The summed E-state index contributed by atoms with van der Waals surface area (Å²) >= 11 is 0. The Hall–Kier alpha value is -1.13. The topological polar surface area (TPSA) is 45.6 Å². The van der Waals surface area contributed by atoms with Crippen LogP contribution in [0, 0.1) is 6.92 Å². The molecule has 1 aromatic rings. The number of aromatic nitrogens is 1. The number of hydrogen-bond acceptors (Lipinski definition) is 4. The molecule has 1 N–H and O–H groups in total. The number of ether oxygens (including phenoxy) is 1. The average molecular weight is 236 g/mol. The van der Waals surface area contributed by atoms with E-state index in [9.17, 15) is 5.11 Å². The van der Waals surface area contributed by atoms with Gasteiger partial charge in [-0.05, 0) is 37.5 Å². The zero-order chi connectivity index (χ0) is 12.3. The molecule has 4 nitrogen and oxygen atoms in total. The van der Waals surface area contributed by atoms with Gasteiger partial charge in [-0.25, -0.2) is 4.98 Å². The molecule has 2 heterocycles. The van der Waals surface area contributed by atoms with Gasteiger partial charge in [-0.3, -0.25) is 0 Å². The molecule has 0 saturated carbocycles. The van der Waals surface area contributed by atoms with Gasteiger partial charge in [-0.1, -0.05) is 0 Å². The van der Waals surface area contributed by atoms with E-state index in [0.29, 0.717) is 6.04 Å². The van der Waals surface area contributed by atoms with Crippen LogP contribution in [0.25, 0.3) is 0 Å². The predicted octanol–water partition coefficient (Wildman–Crippen LogP) is 1.50. The van der Waals surface area contributed by atoms with Gasteiger partial charge in [0.1, 0.15) is 5.82 Å². The molecule has 4 heteroatoms. The van der Waals surface area contributed by atoms with Gasteiger partial charge in [-0.15, -0.1) is 0 Å².